The molecule has 2 aromatic carbocycles. The zero-order chi connectivity index (χ0) is 11.2. The van der Waals surface area contributed by atoms with Gasteiger partial charge in [0.15, 0.2) is 0 Å². The molecule has 2 aromatic rings. The number of hydrogen-bond acceptors (Lipinski definition) is 1. The maximum Gasteiger partial charge on any atom is 0.108 e. The molecule has 0 spiro atoms. The zero-order valence-corrected chi connectivity index (χ0v) is 9.17. The number of ether oxygens (including phenoxy) is 1. The molecule has 0 aliphatic heterocycles. The lowest BCUT2D eigenvalue weighted by Gasteiger charge is -2.17. The van der Waals surface area contributed by atoms with Crippen molar-refractivity contribution in [1.29, 1.82) is 0 Å². The van der Waals surface area contributed by atoms with Gasteiger partial charge in [-0.05, 0) is 18.1 Å². The fourth-order valence-corrected chi connectivity index (χ4v) is 1.76. The van der Waals surface area contributed by atoms with E-state index in [4.69, 9.17) is 4.74 Å². The Morgan fingerprint density at radius 1 is 0.812 bits per heavy atom. The normalized spacial score (nSPS) is 10.6. The quantitative estimate of drug-likeness (QED) is 0.750. The molecule has 0 aromatic heterocycles. The molecular formula is C15H15O. The van der Waals surface area contributed by atoms with Crippen LogP contribution in [-0.4, -0.2) is 6.61 Å². The molecule has 0 heterocycles. The zero-order valence-electron chi connectivity index (χ0n) is 9.17. The monoisotopic (exact) mass is 211 g/mol. The van der Waals surface area contributed by atoms with Gasteiger partial charge in [-0.15, -0.1) is 0 Å². The molecule has 0 unspecified atom stereocenters. The summed E-state index contributed by atoms with van der Waals surface area (Å²) in [5.74, 6) is 0. The molecule has 0 aliphatic rings. The highest BCUT2D eigenvalue weighted by Gasteiger charge is 2.12. The van der Waals surface area contributed by atoms with Crippen LogP contribution in [0.15, 0.2) is 60.7 Å². The Balaban J connectivity index is 2.31. The van der Waals surface area contributed by atoms with Crippen molar-refractivity contribution in [3.8, 4) is 0 Å². The van der Waals surface area contributed by atoms with E-state index in [0.717, 1.165) is 11.1 Å². The van der Waals surface area contributed by atoms with Crippen LogP contribution in [0.2, 0.25) is 0 Å². The maximum absolute atomic E-state index is 5.70. The molecule has 0 saturated carbocycles. The topological polar surface area (TPSA) is 9.23 Å². The van der Waals surface area contributed by atoms with Gasteiger partial charge in [-0.25, -0.2) is 0 Å². The Hall–Kier alpha value is -1.60. The van der Waals surface area contributed by atoms with Crippen molar-refractivity contribution in [2.24, 2.45) is 0 Å². The minimum atomic E-state index is -0.0140. The van der Waals surface area contributed by atoms with E-state index < -0.39 is 0 Å². The highest BCUT2D eigenvalue weighted by Crippen LogP contribution is 2.25. The van der Waals surface area contributed by atoms with Gasteiger partial charge < -0.3 is 4.74 Å². The molecule has 1 radical (unpaired) electrons. The summed E-state index contributed by atoms with van der Waals surface area (Å²) in [4.78, 5) is 0. The van der Waals surface area contributed by atoms with Crippen LogP contribution >= 0.6 is 0 Å². The Morgan fingerprint density at radius 3 is 1.62 bits per heavy atom. The number of benzene rings is 2. The van der Waals surface area contributed by atoms with Gasteiger partial charge >= 0.3 is 0 Å². The fraction of sp³-hybridized carbons (Fsp3) is 0.133. The summed E-state index contributed by atoms with van der Waals surface area (Å²) in [6.45, 7) is 4.22. The minimum Gasteiger partial charge on any atom is -0.369 e. The molecule has 0 saturated heterocycles. The van der Waals surface area contributed by atoms with Gasteiger partial charge in [-0.3, -0.25) is 0 Å². The summed E-state index contributed by atoms with van der Waals surface area (Å²) in [7, 11) is 0. The first-order chi connectivity index (χ1) is 7.92. The second-order valence-corrected chi connectivity index (χ2v) is 3.57. The number of rotatable bonds is 4. The van der Waals surface area contributed by atoms with Gasteiger partial charge in [0.05, 0.1) is 0 Å². The molecule has 16 heavy (non-hydrogen) atoms. The third-order valence-electron chi connectivity index (χ3n) is 2.49. The fourth-order valence-electron chi connectivity index (χ4n) is 1.76. The second-order valence-electron chi connectivity index (χ2n) is 3.57. The molecule has 0 amide bonds. The van der Waals surface area contributed by atoms with E-state index in [1.165, 1.54) is 0 Å². The Labute approximate surface area is 96.7 Å². The smallest absolute Gasteiger partial charge is 0.108 e. The van der Waals surface area contributed by atoms with Crippen molar-refractivity contribution in [3.63, 3.8) is 0 Å². The molecule has 1 heteroatoms. The Kier molecular flexibility index (Phi) is 3.73. The highest BCUT2D eigenvalue weighted by molar-refractivity contribution is 5.29. The molecule has 1 nitrogen and oxygen atoms in total. The van der Waals surface area contributed by atoms with Crippen LogP contribution in [0.1, 0.15) is 17.2 Å². The summed E-state index contributed by atoms with van der Waals surface area (Å²) >= 11 is 0. The highest BCUT2D eigenvalue weighted by atomic mass is 16.5. The van der Waals surface area contributed by atoms with E-state index in [-0.39, 0.29) is 6.10 Å². The van der Waals surface area contributed by atoms with Crippen LogP contribution in [0.5, 0.6) is 0 Å². The van der Waals surface area contributed by atoms with Gasteiger partial charge in [0.25, 0.3) is 0 Å². The third-order valence-corrected chi connectivity index (χ3v) is 2.49. The van der Waals surface area contributed by atoms with Crippen LogP contribution < -0.4 is 0 Å². The third kappa shape index (κ3) is 2.50. The van der Waals surface area contributed by atoms with E-state index in [0.29, 0.717) is 6.61 Å². The summed E-state index contributed by atoms with van der Waals surface area (Å²) in [5, 5.41) is 0. The summed E-state index contributed by atoms with van der Waals surface area (Å²) in [5.41, 5.74) is 2.33. The van der Waals surface area contributed by atoms with E-state index in [1.54, 1.807) is 0 Å². The lowest BCUT2D eigenvalue weighted by atomic mass is 10.0. The van der Waals surface area contributed by atoms with Crippen LogP contribution in [0, 0.1) is 6.92 Å². The molecule has 0 aliphatic carbocycles. The van der Waals surface area contributed by atoms with Crippen molar-refractivity contribution < 1.29 is 4.74 Å². The summed E-state index contributed by atoms with van der Waals surface area (Å²) < 4.78 is 5.70. The van der Waals surface area contributed by atoms with Crippen molar-refractivity contribution in [3.05, 3.63) is 78.7 Å². The summed E-state index contributed by atoms with van der Waals surface area (Å²) in [6, 6.07) is 20.4. The van der Waals surface area contributed by atoms with Crippen LogP contribution in [0.3, 0.4) is 0 Å². The van der Waals surface area contributed by atoms with Crippen molar-refractivity contribution in [2.45, 2.75) is 6.10 Å². The lowest BCUT2D eigenvalue weighted by molar-refractivity contribution is 0.103. The Morgan fingerprint density at radius 2 is 1.25 bits per heavy atom. The summed E-state index contributed by atoms with van der Waals surface area (Å²) in [6.07, 6.45) is -0.0140. The van der Waals surface area contributed by atoms with Crippen molar-refractivity contribution in [2.75, 3.05) is 6.61 Å². The van der Waals surface area contributed by atoms with Crippen LogP contribution in [-0.2, 0) is 4.74 Å². The molecule has 0 N–H and O–H groups in total. The van der Waals surface area contributed by atoms with Crippen molar-refractivity contribution in [1.82, 2.24) is 0 Å². The van der Waals surface area contributed by atoms with Gasteiger partial charge in [-0.2, -0.15) is 0 Å². The molecular weight excluding hydrogens is 196 g/mol. The minimum absolute atomic E-state index is 0.0140. The average Bonchev–Trinajstić information content (AvgIpc) is 2.38. The van der Waals surface area contributed by atoms with Crippen molar-refractivity contribution >= 4 is 0 Å². The average molecular weight is 211 g/mol. The van der Waals surface area contributed by atoms with Gasteiger partial charge in [0.1, 0.15) is 6.10 Å². The maximum atomic E-state index is 5.70. The first-order valence-corrected chi connectivity index (χ1v) is 5.42. The molecule has 2 rings (SSSR count). The molecule has 0 bridgehead atoms. The van der Waals surface area contributed by atoms with E-state index >= 15 is 0 Å². The first-order valence-electron chi connectivity index (χ1n) is 5.42. The second kappa shape index (κ2) is 5.47. The van der Waals surface area contributed by atoms with E-state index in [9.17, 15) is 0 Å². The van der Waals surface area contributed by atoms with Gasteiger partial charge in [0, 0.05) is 6.61 Å². The van der Waals surface area contributed by atoms with Crippen LogP contribution in [0.4, 0.5) is 0 Å². The van der Waals surface area contributed by atoms with Crippen LogP contribution in [0.25, 0.3) is 0 Å². The molecule has 81 valence electrons. The first kappa shape index (κ1) is 10.9. The Bertz CT molecular complexity index is 368. The van der Waals surface area contributed by atoms with E-state index in [1.807, 2.05) is 36.4 Å². The predicted octanol–water partition coefficient (Wildman–Crippen LogP) is 3.63. The lowest BCUT2D eigenvalue weighted by Crippen LogP contribution is -2.05. The van der Waals surface area contributed by atoms with E-state index in [2.05, 4.69) is 31.2 Å². The SMILES string of the molecule is [CH2]COC(c1ccccc1)c1ccccc1. The largest absolute Gasteiger partial charge is 0.369 e. The molecule has 0 atom stereocenters. The predicted molar refractivity (Wildman–Crippen MR) is 66.0 cm³/mol. The van der Waals surface area contributed by atoms with Gasteiger partial charge in [0.2, 0.25) is 0 Å². The number of hydrogen-bond donors (Lipinski definition) is 0. The standard InChI is InChI=1S/C15H15O/c1-2-16-15(13-9-5-3-6-10-13)14-11-7-4-8-12-14/h3-12,15H,1-2H2. The molecule has 0 fully saturated rings. The van der Waals surface area contributed by atoms with Gasteiger partial charge in [-0.1, -0.05) is 60.7 Å².